The molecule has 22 heavy (non-hydrogen) atoms. The van der Waals surface area contributed by atoms with Crippen molar-refractivity contribution in [2.45, 2.75) is 35.9 Å². The summed E-state index contributed by atoms with van der Waals surface area (Å²) in [6.07, 6.45) is 3.55. The van der Waals surface area contributed by atoms with Gasteiger partial charge in [0.15, 0.2) is 11.4 Å². The van der Waals surface area contributed by atoms with Gasteiger partial charge >= 0.3 is 0 Å². The summed E-state index contributed by atoms with van der Waals surface area (Å²) in [4.78, 5) is 3.88. The predicted molar refractivity (Wildman–Crippen MR) is 74.4 cm³/mol. The summed E-state index contributed by atoms with van der Waals surface area (Å²) in [5.41, 5.74) is 3.80. The quantitative estimate of drug-likeness (QED) is 0.467. The molecule has 2 fully saturated rings. The number of nitrogens with zero attached hydrogens (tertiary/aromatic N) is 3. The van der Waals surface area contributed by atoms with Crippen LogP contribution in [-0.2, 0) is 10.3 Å². The van der Waals surface area contributed by atoms with Crippen LogP contribution in [0.2, 0.25) is 0 Å². The number of terminal acetylenes is 1. The number of anilines is 1. The van der Waals surface area contributed by atoms with Gasteiger partial charge in [0, 0.05) is 6.42 Å². The number of hydrogen-bond donors (Lipinski definition) is 4. The lowest BCUT2D eigenvalue weighted by Gasteiger charge is -2.26. The van der Waals surface area contributed by atoms with E-state index in [-0.39, 0.29) is 12.2 Å². The number of aliphatic hydroxyl groups is 3. The van der Waals surface area contributed by atoms with E-state index in [1.54, 1.807) is 12.1 Å². The highest BCUT2D eigenvalue weighted by Gasteiger charge is 2.73. The Labute approximate surface area is 125 Å². The van der Waals surface area contributed by atoms with Crippen LogP contribution in [0.25, 0.3) is 5.52 Å². The topological polar surface area (TPSA) is 126 Å². The lowest BCUT2D eigenvalue weighted by Crippen LogP contribution is -2.41. The fourth-order valence-electron chi connectivity index (χ4n) is 3.21. The van der Waals surface area contributed by atoms with Gasteiger partial charge in [-0.15, -0.1) is 6.42 Å². The van der Waals surface area contributed by atoms with Gasteiger partial charge in [-0.3, -0.25) is 0 Å². The summed E-state index contributed by atoms with van der Waals surface area (Å²) in [6.45, 7) is 0. The molecule has 5 atom stereocenters. The van der Waals surface area contributed by atoms with Crippen molar-refractivity contribution in [3.63, 3.8) is 0 Å². The fraction of sp³-hybridized carbons (Fsp3) is 0.429. The van der Waals surface area contributed by atoms with Crippen LogP contribution in [0.1, 0.15) is 12.1 Å². The zero-order valence-electron chi connectivity index (χ0n) is 11.4. The van der Waals surface area contributed by atoms with Crippen LogP contribution in [0, 0.1) is 12.3 Å². The van der Waals surface area contributed by atoms with Gasteiger partial charge in [0.1, 0.15) is 29.7 Å². The number of nitrogens with two attached hydrogens (primary N) is 1. The zero-order valence-corrected chi connectivity index (χ0v) is 11.4. The summed E-state index contributed by atoms with van der Waals surface area (Å²) in [5.74, 6) is 2.67. The normalized spacial score (nSPS) is 40.2. The van der Waals surface area contributed by atoms with E-state index in [4.69, 9.17) is 16.9 Å². The monoisotopic (exact) mass is 302 g/mol. The van der Waals surface area contributed by atoms with Gasteiger partial charge in [0.05, 0.1) is 11.8 Å². The van der Waals surface area contributed by atoms with Crippen molar-refractivity contribution in [3.8, 4) is 12.3 Å². The molecule has 0 aromatic carbocycles. The third kappa shape index (κ3) is 1.36. The first-order valence-electron chi connectivity index (χ1n) is 6.77. The Morgan fingerprint density at radius 1 is 1.36 bits per heavy atom. The van der Waals surface area contributed by atoms with E-state index in [0.29, 0.717) is 11.2 Å². The minimum Gasteiger partial charge on any atom is -0.390 e. The van der Waals surface area contributed by atoms with Gasteiger partial charge in [-0.25, -0.2) is 9.50 Å². The maximum absolute atomic E-state index is 10.5. The highest BCUT2D eigenvalue weighted by Crippen LogP contribution is 2.56. The molecule has 5 N–H and O–H groups in total. The van der Waals surface area contributed by atoms with Gasteiger partial charge in [-0.2, -0.15) is 5.10 Å². The Morgan fingerprint density at radius 2 is 2.09 bits per heavy atom. The minimum atomic E-state index is -1.62. The summed E-state index contributed by atoms with van der Waals surface area (Å²) >= 11 is 0. The molecule has 1 saturated carbocycles. The summed E-state index contributed by atoms with van der Waals surface area (Å²) in [7, 11) is 0. The number of hydrogen-bond acceptors (Lipinski definition) is 7. The maximum Gasteiger partial charge on any atom is 0.199 e. The molecule has 8 nitrogen and oxygen atoms in total. The number of nitrogen functional groups attached to an aromatic ring is 1. The van der Waals surface area contributed by atoms with Crippen LogP contribution in [-0.4, -0.2) is 53.8 Å². The molecule has 2 aromatic rings. The molecule has 2 aromatic heterocycles. The average molecular weight is 302 g/mol. The van der Waals surface area contributed by atoms with E-state index in [2.05, 4.69) is 16.0 Å². The molecule has 0 radical (unpaired) electrons. The van der Waals surface area contributed by atoms with Crippen molar-refractivity contribution in [1.29, 1.82) is 0 Å². The lowest BCUT2D eigenvalue weighted by molar-refractivity contribution is -0.0745. The fourth-order valence-corrected chi connectivity index (χ4v) is 3.21. The first-order chi connectivity index (χ1) is 10.5. The number of aromatic nitrogens is 3. The second kappa shape index (κ2) is 3.97. The van der Waals surface area contributed by atoms with Crippen molar-refractivity contribution in [3.05, 3.63) is 24.2 Å². The molecule has 4 rings (SSSR count). The van der Waals surface area contributed by atoms with Crippen LogP contribution < -0.4 is 5.73 Å². The Morgan fingerprint density at radius 3 is 2.68 bits per heavy atom. The molecule has 1 aliphatic carbocycles. The number of fused-ring (bicyclic) bond motifs is 1. The van der Waals surface area contributed by atoms with Gasteiger partial charge < -0.3 is 25.8 Å². The molecule has 1 spiro atoms. The second-order valence-corrected chi connectivity index (χ2v) is 5.71. The molecule has 3 heterocycles. The molecule has 8 heteroatoms. The largest absolute Gasteiger partial charge is 0.390 e. The van der Waals surface area contributed by atoms with Gasteiger partial charge in [0.2, 0.25) is 0 Å². The first kappa shape index (κ1) is 13.5. The van der Waals surface area contributed by atoms with Crippen molar-refractivity contribution >= 4 is 11.3 Å². The Hall–Kier alpha value is -2.18. The average Bonchev–Trinajstić information content (AvgIpc) is 2.87. The Kier molecular flexibility index (Phi) is 2.43. The van der Waals surface area contributed by atoms with Gasteiger partial charge in [-0.1, -0.05) is 5.92 Å². The molecule has 1 saturated heterocycles. The second-order valence-electron chi connectivity index (χ2n) is 5.71. The van der Waals surface area contributed by atoms with E-state index in [0.717, 1.165) is 0 Å². The third-order valence-corrected chi connectivity index (χ3v) is 4.56. The maximum atomic E-state index is 10.5. The van der Waals surface area contributed by atoms with E-state index in [1.165, 1.54) is 10.8 Å². The van der Waals surface area contributed by atoms with Crippen LogP contribution in [0.4, 0.5) is 5.82 Å². The summed E-state index contributed by atoms with van der Waals surface area (Å²) < 4.78 is 7.24. The van der Waals surface area contributed by atoms with E-state index in [1.807, 2.05) is 0 Å². The molecule has 0 bridgehead atoms. The van der Waals surface area contributed by atoms with Gasteiger partial charge in [-0.05, 0) is 12.1 Å². The van der Waals surface area contributed by atoms with Crippen molar-refractivity contribution in [2.75, 3.05) is 5.73 Å². The lowest BCUT2D eigenvalue weighted by atomic mass is 9.91. The molecule has 0 amide bonds. The summed E-state index contributed by atoms with van der Waals surface area (Å²) in [5, 5.41) is 34.6. The molecule has 2 unspecified atom stereocenters. The standard InChI is InChI=1S/C14H14N4O4/c1-2-13(10(20)11(21)14(22-13)5-9(14)19)8-4-3-7-12(15)16-6-17-18(7)8/h1,3-4,6,9-11,19-21H,5H2,(H2,15,16,17)/t9?,10-,11+,13+,14?/m1/s1. The van der Waals surface area contributed by atoms with E-state index < -0.39 is 29.5 Å². The molecular weight excluding hydrogens is 288 g/mol. The molecular formula is C14H14N4O4. The number of ether oxygens (including phenoxy) is 1. The highest BCUT2D eigenvalue weighted by atomic mass is 16.6. The smallest absolute Gasteiger partial charge is 0.199 e. The minimum absolute atomic E-state index is 0.217. The predicted octanol–water partition coefficient (Wildman–Crippen LogP) is -1.60. The SMILES string of the molecule is C#C[C@@]1(c2ccc3c(N)ncnn23)OC2(CC2O)[C@@H](O)[C@H]1O. The van der Waals surface area contributed by atoms with Crippen LogP contribution >= 0.6 is 0 Å². The van der Waals surface area contributed by atoms with E-state index in [9.17, 15) is 15.3 Å². The van der Waals surface area contributed by atoms with Crippen LogP contribution in [0.5, 0.6) is 0 Å². The zero-order chi connectivity index (χ0) is 15.7. The van der Waals surface area contributed by atoms with Gasteiger partial charge in [0.25, 0.3) is 0 Å². The molecule has 1 aliphatic heterocycles. The van der Waals surface area contributed by atoms with Crippen molar-refractivity contribution in [1.82, 2.24) is 14.6 Å². The number of rotatable bonds is 1. The Balaban J connectivity index is 1.92. The highest BCUT2D eigenvalue weighted by molar-refractivity contribution is 5.66. The first-order valence-corrected chi connectivity index (χ1v) is 6.77. The molecule has 114 valence electrons. The van der Waals surface area contributed by atoms with Crippen molar-refractivity contribution < 1.29 is 20.1 Å². The summed E-state index contributed by atoms with van der Waals surface area (Å²) in [6, 6.07) is 3.27. The number of aliphatic hydroxyl groups excluding tert-OH is 3. The molecule has 2 aliphatic rings. The van der Waals surface area contributed by atoms with Crippen molar-refractivity contribution in [2.24, 2.45) is 0 Å². The van der Waals surface area contributed by atoms with E-state index >= 15 is 0 Å². The third-order valence-electron chi connectivity index (χ3n) is 4.56. The van der Waals surface area contributed by atoms with Crippen LogP contribution in [0.15, 0.2) is 18.5 Å². The Bertz CT molecular complexity index is 815. The van der Waals surface area contributed by atoms with Crippen LogP contribution in [0.3, 0.4) is 0 Å².